The number of benzene rings is 2. The van der Waals surface area contributed by atoms with E-state index in [1.54, 1.807) is 37.3 Å². The molecule has 0 radical (unpaired) electrons. The zero-order chi connectivity index (χ0) is 14.5. The Morgan fingerprint density at radius 2 is 1.90 bits per heavy atom. The molecule has 0 amide bonds. The third-order valence-corrected chi connectivity index (χ3v) is 2.96. The minimum absolute atomic E-state index is 0.0724. The van der Waals surface area contributed by atoms with Crippen molar-refractivity contribution in [3.63, 3.8) is 0 Å². The number of ether oxygens (including phenoxy) is 1. The summed E-state index contributed by atoms with van der Waals surface area (Å²) in [5.41, 5.74) is 1.25. The van der Waals surface area contributed by atoms with Crippen LogP contribution >= 0.6 is 0 Å². The fraction of sp³-hybridized carbons (Fsp3) is 0.235. The van der Waals surface area contributed by atoms with E-state index >= 15 is 0 Å². The summed E-state index contributed by atoms with van der Waals surface area (Å²) in [4.78, 5) is 12.4. The Kier molecular flexibility index (Phi) is 4.51. The highest BCUT2D eigenvalue weighted by molar-refractivity contribution is 6.10. The van der Waals surface area contributed by atoms with E-state index in [2.05, 4.69) is 0 Å². The van der Waals surface area contributed by atoms with Gasteiger partial charge in [0, 0.05) is 0 Å². The Balaban J connectivity index is 2.38. The second-order valence-electron chi connectivity index (χ2n) is 4.66. The Hall–Kier alpha value is -2.16. The van der Waals surface area contributed by atoms with Crippen LogP contribution in [0.2, 0.25) is 0 Å². The van der Waals surface area contributed by atoms with Gasteiger partial charge in [-0.3, -0.25) is 4.79 Å². The maximum atomic E-state index is 13.9. The molecule has 104 valence electrons. The molecule has 0 heterocycles. The molecule has 2 aromatic rings. The molecule has 2 rings (SSSR count). The first-order valence-electron chi connectivity index (χ1n) is 6.66. The monoisotopic (exact) mass is 272 g/mol. The fourth-order valence-corrected chi connectivity index (χ4v) is 1.94. The summed E-state index contributed by atoms with van der Waals surface area (Å²) in [7, 11) is 0. The van der Waals surface area contributed by atoms with Gasteiger partial charge < -0.3 is 4.74 Å². The Labute approximate surface area is 118 Å². The minimum Gasteiger partial charge on any atom is -0.493 e. The van der Waals surface area contributed by atoms with E-state index in [0.29, 0.717) is 17.9 Å². The molecule has 0 aliphatic carbocycles. The van der Waals surface area contributed by atoms with Gasteiger partial charge in [-0.15, -0.1) is 0 Å². The fourth-order valence-electron chi connectivity index (χ4n) is 1.94. The van der Waals surface area contributed by atoms with Crippen LogP contribution in [0.4, 0.5) is 4.39 Å². The molecule has 20 heavy (non-hydrogen) atoms. The number of aryl methyl sites for hydroxylation is 1. The van der Waals surface area contributed by atoms with Gasteiger partial charge >= 0.3 is 0 Å². The third kappa shape index (κ3) is 3.05. The number of carbonyl (C=O) groups is 1. The molecule has 0 aliphatic rings. The van der Waals surface area contributed by atoms with Crippen molar-refractivity contribution < 1.29 is 13.9 Å². The maximum absolute atomic E-state index is 13.9. The lowest BCUT2D eigenvalue weighted by Crippen LogP contribution is -2.08. The predicted molar refractivity (Wildman–Crippen MR) is 76.8 cm³/mol. The van der Waals surface area contributed by atoms with Gasteiger partial charge in [-0.25, -0.2) is 4.39 Å². The molecule has 0 unspecified atom stereocenters. The van der Waals surface area contributed by atoms with Gasteiger partial charge in [0.05, 0.1) is 17.7 Å². The zero-order valence-corrected chi connectivity index (χ0v) is 11.7. The normalized spacial score (nSPS) is 10.3. The summed E-state index contributed by atoms with van der Waals surface area (Å²) in [6, 6.07) is 11.5. The first-order chi connectivity index (χ1) is 9.63. The molecule has 0 aliphatic heterocycles. The summed E-state index contributed by atoms with van der Waals surface area (Å²) >= 11 is 0. The Morgan fingerprint density at radius 1 is 1.15 bits per heavy atom. The van der Waals surface area contributed by atoms with Gasteiger partial charge in [-0.05, 0) is 43.2 Å². The largest absolute Gasteiger partial charge is 0.493 e. The average Bonchev–Trinajstić information content (AvgIpc) is 2.45. The smallest absolute Gasteiger partial charge is 0.199 e. The lowest BCUT2D eigenvalue weighted by atomic mass is 10.0. The van der Waals surface area contributed by atoms with E-state index < -0.39 is 5.82 Å². The third-order valence-electron chi connectivity index (χ3n) is 2.96. The summed E-state index contributed by atoms with van der Waals surface area (Å²) in [6.07, 6.45) is 0.849. The Morgan fingerprint density at radius 3 is 2.60 bits per heavy atom. The quantitative estimate of drug-likeness (QED) is 0.764. The Bertz CT molecular complexity index is 620. The van der Waals surface area contributed by atoms with Gasteiger partial charge in [-0.1, -0.05) is 25.1 Å². The van der Waals surface area contributed by atoms with Crippen LogP contribution < -0.4 is 4.74 Å². The molecule has 0 bridgehead atoms. The summed E-state index contributed by atoms with van der Waals surface area (Å²) < 4.78 is 19.5. The summed E-state index contributed by atoms with van der Waals surface area (Å²) in [5.74, 6) is -0.353. The van der Waals surface area contributed by atoms with Crippen molar-refractivity contribution in [1.29, 1.82) is 0 Å². The highest BCUT2D eigenvalue weighted by Gasteiger charge is 2.17. The summed E-state index contributed by atoms with van der Waals surface area (Å²) in [6.45, 7) is 4.31. The molecule has 0 atom stereocenters. The SMILES string of the molecule is CCCOc1ccccc1C(=O)c1ccc(C)cc1F. The van der Waals surface area contributed by atoms with Crippen molar-refractivity contribution in [3.05, 3.63) is 65.0 Å². The molecule has 3 heteroatoms. The molecular formula is C17H17FO2. The number of hydrogen-bond acceptors (Lipinski definition) is 2. The van der Waals surface area contributed by atoms with E-state index in [-0.39, 0.29) is 11.3 Å². The van der Waals surface area contributed by atoms with Gasteiger partial charge in [0.25, 0.3) is 0 Å². The summed E-state index contributed by atoms with van der Waals surface area (Å²) in [5, 5.41) is 0. The first kappa shape index (κ1) is 14.3. The predicted octanol–water partition coefficient (Wildman–Crippen LogP) is 4.15. The van der Waals surface area contributed by atoms with E-state index in [1.807, 2.05) is 6.92 Å². The van der Waals surface area contributed by atoms with Crippen LogP contribution in [-0.4, -0.2) is 12.4 Å². The number of carbonyl (C=O) groups excluding carboxylic acids is 1. The highest BCUT2D eigenvalue weighted by atomic mass is 19.1. The molecule has 0 saturated carbocycles. The van der Waals surface area contributed by atoms with Gasteiger partial charge in [0.1, 0.15) is 11.6 Å². The highest BCUT2D eigenvalue weighted by Crippen LogP contribution is 2.23. The standard InChI is InChI=1S/C17H17FO2/c1-3-10-20-16-7-5-4-6-14(16)17(19)13-9-8-12(2)11-15(13)18/h4-9,11H,3,10H2,1-2H3. The molecule has 2 aromatic carbocycles. The van der Waals surface area contributed by atoms with Crippen LogP contribution in [0.25, 0.3) is 0 Å². The number of hydrogen-bond donors (Lipinski definition) is 0. The second-order valence-corrected chi connectivity index (χ2v) is 4.66. The van der Waals surface area contributed by atoms with Crippen molar-refractivity contribution in [1.82, 2.24) is 0 Å². The van der Waals surface area contributed by atoms with Crippen LogP contribution in [0.5, 0.6) is 5.75 Å². The van der Waals surface area contributed by atoms with Crippen LogP contribution in [-0.2, 0) is 0 Å². The second kappa shape index (κ2) is 6.33. The van der Waals surface area contributed by atoms with Crippen LogP contribution in [0.3, 0.4) is 0 Å². The van der Waals surface area contributed by atoms with E-state index in [1.165, 1.54) is 12.1 Å². The van der Waals surface area contributed by atoms with Crippen molar-refractivity contribution in [2.24, 2.45) is 0 Å². The van der Waals surface area contributed by atoms with Crippen molar-refractivity contribution in [3.8, 4) is 5.75 Å². The maximum Gasteiger partial charge on any atom is 0.199 e. The van der Waals surface area contributed by atoms with Crippen molar-refractivity contribution >= 4 is 5.78 Å². The first-order valence-corrected chi connectivity index (χ1v) is 6.66. The molecule has 0 aromatic heterocycles. The van der Waals surface area contributed by atoms with E-state index in [9.17, 15) is 9.18 Å². The van der Waals surface area contributed by atoms with Crippen LogP contribution in [0.15, 0.2) is 42.5 Å². The van der Waals surface area contributed by atoms with Gasteiger partial charge in [-0.2, -0.15) is 0 Å². The zero-order valence-electron chi connectivity index (χ0n) is 11.7. The van der Waals surface area contributed by atoms with E-state index in [0.717, 1.165) is 12.0 Å². The molecular weight excluding hydrogens is 255 g/mol. The van der Waals surface area contributed by atoms with Crippen molar-refractivity contribution in [2.75, 3.05) is 6.61 Å². The minimum atomic E-state index is -0.500. The van der Waals surface area contributed by atoms with E-state index in [4.69, 9.17) is 4.74 Å². The molecule has 0 saturated heterocycles. The topological polar surface area (TPSA) is 26.3 Å². The van der Waals surface area contributed by atoms with Crippen LogP contribution in [0.1, 0.15) is 34.8 Å². The molecule has 2 nitrogen and oxygen atoms in total. The molecule has 0 fully saturated rings. The van der Waals surface area contributed by atoms with Crippen molar-refractivity contribution in [2.45, 2.75) is 20.3 Å². The number of para-hydroxylation sites is 1. The van der Waals surface area contributed by atoms with Crippen LogP contribution in [0, 0.1) is 12.7 Å². The average molecular weight is 272 g/mol. The molecule has 0 spiro atoms. The number of ketones is 1. The lowest BCUT2D eigenvalue weighted by molar-refractivity contribution is 0.103. The lowest BCUT2D eigenvalue weighted by Gasteiger charge is -2.10. The number of halogens is 1. The van der Waals surface area contributed by atoms with Gasteiger partial charge in [0.2, 0.25) is 0 Å². The molecule has 0 N–H and O–H groups in total. The van der Waals surface area contributed by atoms with Gasteiger partial charge in [0.15, 0.2) is 5.78 Å². The number of rotatable bonds is 5.